The van der Waals surface area contributed by atoms with Crippen LogP contribution in [0.3, 0.4) is 0 Å². The molecule has 0 N–H and O–H groups in total. The first-order valence-electron chi connectivity index (χ1n) is 7.52. The van der Waals surface area contributed by atoms with Gasteiger partial charge in [0.25, 0.3) is 0 Å². The number of rotatable bonds is 2. The predicted molar refractivity (Wildman–Crippen MR) is 85.2 cm³/mol. The van der Waals surface area contributed by atoms with Crippen molar-refractivity contribution in [3.63, 3.8) is 0 Å². The van der Waals surface area contributed by atoms with Gasteiger partial charge in [0, 0.05) is 15.7 Å². The lowest BCUT2D eigenvalue weighted by molar-refractivity contribution is 0.00578. The molecule has 0 spiro atoms. The summed E-state index contributed by atoms with van der Waals surface area (Å²) < 4.78 is 26.5. The molecule has 0 bridgehead atoms. The fourth-order valence-electron chi connectivity index (χ4n) is 2.77. The van der Waals surface area contributed by atoms with E-state index in [0.717, 1.165) is 18.4 Å². The Bertz CT molecular complexity index is 575. The number of aryl methyl sites for hydroxylation is 1. The minimum Gasteiger partial charge on any atom is -0.398 e. The van der Waals surface area contributed by atoms with Gasteiger partial charge in [-0.25, -0.2) is 4.39 Å². The first-order chi connectivity index (χ1) is 9.71. The summed E-state index contributed by atoms with van der Waals surface area (Å²) >= 11 is 1.75. The Labute approximate surface area is 130 Å². The zero-order chi connectivity index (χ0) is 15.4. The molecule has 2 aliphatic rings. The smallest absolute Gasteiger partial charge is 0.398 e. The summed E-state index contributed by atoms with van der Waals surface area (Å²) in [6.07, 6.45) is 1.82. The van der Waals surface area contributed by atoms with Gasteiger partial charge in [0.05, 0.1) is 11.2 Å². The van der Waals surface area contributed by atoms with Gasteiger partial charge in [0.15, 0.2) is 0 Å². The van der Waals surface area contributed by atoms with Gasteiger partial charge in [0.1, 0.15) is 5.73 Å². The molecule has 1 aliphatic carbocycles. The molecular weight excluding hydrogens is 286 g/mol. The molecule has 2 fully saturated rings. The molecule has 2 heterocycles. The lowest BCUT2D eigenvalue weighted by Gasteiger charge is -2.32. The number of halogens is 1. The normalized spacial score (nSPS) is 29.4. The lowest BCUT2D eigenvalue weighted by atomic mass is 9.71. The highest BCUT2D eigenvalue weighted by Crippen LogP contribution is 2.48. The second-order valence-electron chi connectivity index (χ2n) is 7.00. The van der Waals surface area contributed by atoms with E-state index in [1.165, 1.54) is 9.75 Å². The van der Waals surface area contributed by atoms with Crippen molar-refractivity contribution in [3.8, 4) is 0 Å². The average Bonchev–Trinajstić information content (AvgIpc) is 2.80. The third-order valence-electron chi connectivity index (χ3n) is 4.99. The Balaban J connectivity index is 1.83. The van der Waals surface area contributed by atoms with Crippen LogP contribution in [0.1, 0.15) is 56.2 Å². The van der Waals surface area contributed by atoms with E-state index in [1.54, 1.807) is 11.3 Å². The number of thiophene rings is 1. The first-order valence-corrected chi connectivity index (χ1v) is 8.33. The zero-order valence-corrected chi connectivity index (χ0v) is 14.1. The number of allylic oxidation sites excluding steroid dienone is 1. The highest BCUT2D eigenvalue weighted by atomic mass is 32.1. The molecule has 1 saturated carbocycles. The molecule has 21 heavy (non-hydrogen) atoms. The molecule has 0 aromatic carbocycles. The molecule has 1 aliphatic heterocycles. The van der Waals surface area contributed by atoms with Crippen LogP contribution in [0.5, 0.6) is 0 Å². The molecule has 2 nitrogen and oxygen atoms in total. The van der Waals surface area contributed by atoms with E-state index in [2.05, 4.69) is 19.1 Å². The van der Waals surface area contributed by atoms with Crippen LogP contribution in [0.4, 0.5) is 4.39 Å². The largest absolute Gasteiger partial charge is 0.525 e. The Hall–Kier alpha value is -0.645. The SMILES string of the molecule is Cc1ccc(C2CCC2=C(F)B2OC(C)(C)C(C)(C)O2)s1. The van der Waals surface area contributed by atoms with Crippen molar-refractivity contribution in [2.24, 2.45) is 0 Å². The lowest BCUT2D eigenvalue weighted by Crippen LogP contribution is -2.41. The Morgan fingerprint density at radius 3 is 2.29 bits per heavy atom. The summed E-state index contributed by atoms with van der Waals surface area (Å²) in [5, 5.41) is 0. The number of hydrogen-bond donors (Lipinski definition) is 0. The minimum atomic E-state index is -0.853. The maximum Gasteiger partial charge on any atom is 0.525 e. The molecule has 1 unspecified atom stereocenters. The fourth-order valence-corrected chi connectivity index (χ4v) is 3.82. The second-order valence-corrected chi connectivity index (χ2v) is 8.32. The summed E-state index contributed by atoms with van der Waals surface area (Å²) in [6.45, 7) is 9.89. The fraction of sp³-hybridized carbons (Fsp3) is 0.625. The average molecular weight is 308 g/mol. The van der Waals surface area contributed by atoms with Gasteiger partial charge < -0.3 is 9.31 Å². The van der Waals surface area contributed by atoms with E-state index in [1.807, 2.05) is 27.7 Å². The Morgan fingerprint density at radius 2 is 1.86 bits per heavy atom. The van der Waals surface area contributed by atoms with Gasteiger partial charge in [-0.2, -0.15) is 0 Å². The standard InChI is InChI=1S/C16H22BFO2S/c1-10-6-9-13(21-10)11-7-8-12(11)14(18)17-19-15(2,3)16(4,5)20-17/h6,9,11H,7-8H2,1-5H3. The van der Waals surface area contributed by atoms with Crippen LogP contribution < -0.4 is 0 Å². The Kier molecular flexibility index (Phi) is 3.58. The summed E-state index contributed by atoms with van der Waals surface area (Å²) in [4.78, 5) is 2.52. The third-order valence-corrected chi connectivity index (χ3v) is 6.11. The molecule has 1 aromatic heterocycles. The van der Waals surface area contributed by atoms with Crippen molar-refractivity contribution in [2.75, 3.05) is 0 Å². The van der Waals surface area contributed by atoms with Crippen molar-refractivity contribution < 1.29 is 13.7 Å². The summed E-state index contributed by atoms with van der Waals surface area (Å²) in [5.74, 6) is 0.211. The van der Waals surface area contributed by atoms with E-state index < -0.39 is 18.3 Å². The van der Waals surface area contributed by atoms with Crippen LogP contribution >= 0.6 is 11.3 Å². The van der Waals surface area contributed by atoms with Crippen molar-refractivity contribution in [1.82, 2.24) is 0 Å². The maximum absolute atomic E-state index is 14.8. The van der Waals surface area contributed by atoms with E-state index >= 15 is 0 Å². The first kappa shape index (κ1) is 15.3. The van der Waals surface area contributed by atoms with Gasteiger partial charge in [-0.05, 0) is 65.2 Å². The Morgan fingerprint density at radius 1 is 1.24 bits per heavy atom. The van der Waals surface area contributed by atoms with Gasteiger partial charge in [-0.3, -0.25) is 0 Å². The number of hydrogen-bond acceptors (Lipinski definition) is 3. The summed E-state index contributed by atoms with van der Waals surface area (Å²) in [6, 6.07) is 4.21. The molecule has 0 radical (unpaired) electrons. The molecular formula is C16H22BFO2S. The highest BCUT2D eigenvalue weighted by Gasteiger charge is 2.54. The summed E-state index contributed by atoms with van der Waals surface area (Å²) in [7, 11) is -0.853. The van der Waals surface area contributed by atoms with Gasteiger partial charge in [0.2, 0.25) is 0 Å². The van der Waals surface area contributed by atoms with Crippen molar-refractivity contribution in [1.29, 1.82) is 0 Å². The zero-order valence-electron chi connectivity index (χ0n) is 13.3. The molecule has 1 aromatic rings. The van der Waals surface area contributed by atoms with Crippen LogP contribution in [0.2, 0.25) is 0 Å². The molecule has 114 valence electrons. The van der Waals surface area contributed by atoms with E-state index in [0.29, 0.717) is 0 Å². The third kappa shape index (κ3) is 2.49. The second kappa shape index (κ2) is 4.93. The minimum absolute atomic E-state index is 0.211. The van der Waals surface area contributed by atoms with Gasteiger partial charge >= 0.3 is 7.12 Å². The van der Waals surface area contributed by atoms with Crippen LogP contribution in [-0.2, 0) is 9.31 Å². The summed E-state index contributed by atoms with van der Waals surface area (Å²) in [5.41, 5.74) is -0.339. The van der Waals surface area contributed by atoms with Crippen LogP contribution in [0.25, 0.3) is 0 Å². The topological polar surface area (TPSA) is 18.5 Å². The van der Waals surface area contributed by atoms with E-state index in [9.17, 15) is 4.39 Å². The van der Waals surface area contributed by atoms with Gasteiger partial charge in [-0.1, -0.05) is 0 Å². The molecule has 1 saturated heterocycles. The van der Waals surface area contributed by atoms with Crippen molar-refractivity contribution in [2.45, 2.75) is 64.6 Å². The van der Waals surface area contributed by atoms with Crippen LogP contribution in [0.15, 0.2) is 23.4 Å². The van der Waals surface area contributed by atoms with Crippen molar-refractivity contribution >= 4 is 18.5 Å². The van der Waals surface area contributed by atoms with Gasteiger partial charge in [-0.15, -0.1) is 11.3 Å². The van der Waals surface area contributed by atoms with Crippen LogP contribution in [-0.4, -0.2) is 18.3 Å². The van der Waals surface area contributed by atoms with E-state index in [4.69, 9.17) is 9.31 Å². The van der Waals surface area contributed by atoms with E-state index in [-0.39, 0.29) is 11.6 Å². The highest BCUT2D eigenvalue weighted by molar-refractivity contribution is 7.12. The molecule has 1 atom stereocenters. The monoisotopic (exact) mass is 308 g/mol. The van der Waals surface area contributed by atoms with Crippen LogP contribution in [0, 0.1) is 6.92 Å². The van der Waals surface area contributed by atoms with Crippen molar-refractivity contribution in [3.05, 3.63) is 33.2 Å². The maximum atomic E-state index is 14.8. The molecule has 0 amide bonds. The quantitative estimate of drug-likeness (QED) is 0.731. The molecule has 3 rings (SSSR count). The predicted octanol–water partition coefficient (Wildman–Crippen LogP) is 4.79. The molecule has 5 heteroatoms.